The van der Waals surface area contributed by atoms with Crippen LogP contribution in [0, 0.1) is 5.92 Å². The third-order valence-electron chi connectivity index (χ3n) is 6.38. The highest BCUT2D eigenvalue weighted by Gasteiger charge is 2.42. The average molecular weight is 389 g/mol. The highest BCUT2D eigenvalue weighted by Crippen LogP contribution is 2.29. The zero-order valence-corrected chi connectivity index (χ0v) is 17.5. The number of likely N-dealkylation sites (tertiary alicyclic amines) is 1. The van der Waals surface area contributed by atoms with Gasteiger partial charge in [0.2, 0.25) is 0 Å². The number of rotatable bonds is 8. The highest BCUT2D eigenvalue weighted by molar-refractivity contribution is 5.86. The minimum absolute atomic E-state index is 0.0730. The van der Waals surface area contributed by atoms with Gasteiger partial charge in [0.1, 0.15) is 5.75 Å². The maximum atomic E-state index is 13.0. The number of hydrogen-bond acceptors (Lipinski definition) is 4. The summed E-state index contributed by atoms with van der Waals surface area (Å²) >= 11 is 0. The van der Waals surface area contributed by atoms with Gasteiger partial charge in [-0.25, -0.2) is 0 Å². The number of aliphatic hydroxyl groups is 1. The van der Waals surface area contributed by atoms with Gasteiger partial charge in [-0.3, -0.25) is 9.69 Å². The molecule has 1 saturated heterocycles. The van der Waals surface area contributed by atoms with Crippen LogP contribution in [0.25, 0.3) is 0 Å². The van der Waals surface area contributed by atoms with E-state index in [4.69, 9.17) is 4.74 Å². The molecule has 1 aromatic rings. The van der Waals surface area contributed by atoms with E-state index in [1.807, 2.05) is 41.1 Å². The quantitative estimate of drug-likeness (QED) is 0.741. The van der Waals surface area contributed by atoms with Gasteiger partial charge in [0.05, 0.1) is 7.11 Å². The zero-order chi connectivity index (χ0) is 20.0. The Kier molecular flexibility index (Phi) is 7.36. The van der Waals surface area contributed by atoms with Crippen LogP contribution in [0.1, 0.15) is 56.9 Å². The molecule has 0 spiro atoms. The van der Waals surface area contributed by atoms with Crippen molar-refractivity contribution < 1.29 is 14.6 Å². The maximum Gasteiger partial charge on any atom is 0.255 e. The Hall–Kier alpha value is -1.59. The molecule has 1 N–H and O–H groups in total. The molecule has 1 saturated carbocycles. The molecule has 5 heteroatoms. The van der Waals surface area contributed by atoms with Gasteiger partial charge in [-0.2, -0.15) is 0 Å². The summed E-state index contributed by atoms with van der Waals surface area (Å²) in [6, 6.07) is 7.93. The summed E-state index contributed by atoms with van der Waals surface area (Å²) in [4.78, 5) is 17.0. The van der Waals surface area contributed by atoms with E-state index in [1.165, 1.54) is 32.1 Å². The van der Waals surface area contributed by atoms with Crippen molar-refractivity contribution in [3.05, 3.63) is 29.8 Å². The average Bonchev–Trinajstić information content (AvgIpc) is 2.70. The molecule has 5 nitrogen and oxygen atoms in total. The van der Waals surface area contributed by atoms with Crippen LogP contribution < -0.4 is 4.74 Å². The summed E-state index contributed by atoms with van der Waals surface area (Å²) in [6.45, 7) is 2.66. The van der Waals surface area contributed by atoms with Crippen LogP contribution in [0.3, 0.4) is 0 Å². The molecule has 1 unspecified atom stereocenters. The van der Waals surface area contributed by atoms with Crippen molar-refractivity contribution >= 4 is 5.91 Å². The number of benzene rings is 1. The number of amides is 1. The minimum atomic E-state index is -1.26. The molecule has 1 aromatic carbocycles. The van der Waals surface area contributed by atoms with Crippen molar-refractivity contribution in [2.45, 2.75) is 63.5 Å². The first-order chi connectivity index (χ1) is 13.5. The molecule has 28 heavy (non-hydrogen) atoms. The second kappa shape index (κ2) is 9.75. The third-order valence-corrected chi connectivity index (χ3v) is 6.38. The molecular weight excluding hydrogens is 352 g/mol. The lowest BCUT2D eigenvalue weighted by Crippen LogP contribution is -2.58. The van der Waals surface area contributed by atoms with Crippen LogP contribution in [0.15, 0.2) is 24.3 Å². The first-order valence-corrected chi connectivity index (χ1v) is 10.8. The fourth-order valence-electron chi connectivity index (χ4n) is 4.78. The molecule has 0 radical (unpaired) electrons. The normalized spacial score (nSPS) is 24.0. The van der Waals surface area contributed by atoms with E-state index in [0.717, 1.165) is 43.2 Å². The molecule has 156 valence electrons. The summed E-state index contributed by atoms with van der Waals surface area (Å²) < 4.78 is 5.20. The van der Waals surface area contributed by atoms with Gasteiger partial charge in [0.25, 0.3) is 5.91 Å². The van der Waals surface area contributed by atoms with Crippen molar-refractivity contribution in [2.75, 3.05) is 33.8 Å². The maximum absolute atomic E-state index is 13.0. The molecular formula is C23H36N2O3. The first-order valence-electron chi connectivity index (χ1n) is 10.8. The van der Waals surface area contributed by atoms with Crippen molar-refractivity contribution in [3.63, 3.8) is 0 Å². The predicted molar refractivity (Wildman–Crippen MR) is 111 cm³/mol. The number of hydrogen-bond donors (Lipinski definition) is 1. The lowest BCUT2D eigenvalue weighted by Gasteiger charge is -2.40. The standard InChI is InChI=1S/C23H36N2O3/c1-24(17-20-9-11-21(28-2)12-10-20)18-23(27)14-6-15-25(22(23)26)16-13-19-7-4-3-5-8-19/h9-12,19,27H,3-8,13-18H2,1-2H3. The Morgan fingerprint density at radius 2 is 1.89 bits per heavy atom. The molecule has 1 heterocycles. The molecule has 2 fully saturated rings. The third kappa shape index (κ3) is 5.48. The van der Waals surface area contributed by atoms with Crippen LogP contribution in [-0.2, 0) is 11.3 Å². The topological polar surface area (TPSA) is 53.0 Å². The van der Waals surface area contributed by atoms with Crippen LogP contribution in [0.4, 0.5) is 0 Å². The first kappa shape index (κ1) is 21.1. The Balaban J connectivity index is 1.52. The van der Waals surface area contributed by atoms with Gasteiger partial charge in [-0.05, 0) is 49.9 Å². The number of piperidine rings is 1. The number of methoxy groups -OCH3 is 1. The molecule has 1 aliphatic heterocycles. The lowest BCUT2D eigenvalue weighted by molar-refractivity contribution is -0.159. The fourth-order valence-corrected chi connectivity index (χ4v) is 4.78. The Morgan fingerprint density at radius 3 is 2.57 bits per heavy atom. The molecule has 3 rings (SSSR count). The summed E-state index contributed by atoms with van der Waals surface area (Å²) in [5, 5.41) is 11.1. The van der Waals surface area contributed by atoms with Crippen LogP contribution >= 0.6 is 0 Å². The smallest absolute Gasteiger partial charge is 0.255 e. The van der Waals surface area contributed by atoms with Gasteiger partial charge in [0.15, 0.2) is 5.60 Å². The van der Waals surface area contributed by atoms with E-state index in [2.05, 4.69) is 0 Å². The summed E-state index contributed by atoms with van der Waals surface area (Å²) in [5.74, 6) is 1.52. The largest absolute Gasteiger partial charge is 0.497 e. The van der Waals surface area contributed by atoms with Crippen molar-refractivity contribution in [3.8, 4) is 5.75 Å². The Bertz CT molecular complexity index is 627. The molecule has 0 aromatic heterocycles. The molecule has 2 aliphatic rings. The van der Waals surface area contributed by atoms with E-state index in [0.29, 0.717) is 19.5 Å². The lowest BCUT2D eigenvalue weighted by atomic mass is 9.86. The van der Waals surface area contributed by atoms with Gasteiger partial charge < -0.3 is 14.7 Å². The van der Waals surface area contributed by atoms with Gasteiger partial charge in [0, 0.05) is 26.2 Å². The van der Waals surface area contributed by atoms with Crippen LogP contribution in [0.2, 0.25) is 0 Å². The number of likely N-dealkylation sites (N-methyl/N-ethyl adjacent to an activating group) is 1. The van der Waals surface area contributed by atoms with Gasteiger partial charge in [-0.1, -0.05) is 44.2 Å². The summed E-state index contributed by atoms with van der Waals surface area (Å²) in [5.41, 5.74) is -0.115. The molecule has 1 aliphatic carbocycles. The van der Waals surface area contributed by atoms with E-state index in [-0.39, 0.29) is 5.91 Å². The number of carbonyl (C=O) groups is 1. The Morgan fingerprint density at radius 1 is 1.18 bits per heavy atom. The molecule has 1 amide bonds. The highest BCUT2D eigenvalue weighted by atomic mass is 16.5. The number of carbonyl (C=O) groups excluding carboxylic acids is 1. The molecule has 0 bridgehead atoms. The number of nitrogens with zero attached hydrogens (tertiary/aromatic N) is 2. The van der Waals surface area contributed by atoms with E-state index >= 15 is 0 Å². The molecule has 1 atom stereocenters. The van der Waals surface area contributed by atoms with Crippen molar-refractivity contribution in [1.82, 2.24) is 9.80 Å². The zero-order valence-electron chi connectivity index (χ0n) is 17.5. The van der Waals surface area contributed by atoms with E-state index in [1.54, 1.807) is 7.11 Å². The minimum Gasteiger partial charge on any atom is -0.497 e. The van der Waals surface area contributed by atoms with Gasteiger partial charge in [-0.15, -0.1) is 0 Å². The van der Waals surface area contributed by atoms with Crippen molar-refractivity contribution in [1.29, 1.82) is 0 Å². The predicted octanol–water partition coefficient (Wildman–Crippen LogP) is 3.45. The van der Waals surface area contributed by atoms with Crippen LogP contribution in [0.5, 0.6) is 5.75 Å². The van der Waals surface area contributed by atoms with Crippen molar-refractivity contribution in [2.24, 2.45) is 5.92 Å². The van der Waals surface area contributed by atoms with Crippen LogP contribution in [-0.4, -0.2) is 60.2 Å². The van der Waals surface area contributed by atoms with E-state index in [9.17, 15) is 9.90 Å². The Labute approximate surface area is 169 Å². The SMILES string of the molecule is COc1ccc(CN(C)CC2(O)CCCN(CCC3CCCCC3)C2=O)cc1. The fraction of sp³-hybridized carbons (Fsp3) is 0.696. The monoisotopic (exact) mass is 388 g/mol. The van der Waals surface area contributed by atoms with E-state index < -0.39 is 5.60 Å². The number of ether oxygens (including phenoxy) is 1. The second-order valence-electron chi connectivity index (χ2n) is 8.74. The second-order valence-corrected chi connectivity index (χ2v) is 8.74. The summed E-state index contributed by atoms with van der Waals surface area (Å²) in [6.07, 6.45) is 9.15. The summed E-state index contributed by atoms with van der Waals surface area (Å²) in [7, 11) is 3.63. The van der Waals surface area contributed by atoms with Gasteiger partial charge >= 0.3 is 0 Å².